The fraction of sp³-hybridized carbons (Fsp3) is 0.0909. The van der Waals surface area contributed by atoms with Crippen LogP contribution in [0.4, 0.5) is 10.1 Å². The Morgan fingerprint density at radius 1 is 1.00 bits per heavy atom. The lowest BCUT2D eigenvalue weighted by Crippen LogP contribution is -2.31. The SMILES string of the molecule is COc1ccc(CN2C(=O)C(Nc3ccc(F)cc3)=C(c3cccs3)C2=O)cc1. The first-order chi connectivity index (χ1) is 14.1. The molecule has 1 aliphatic heterocycles. The number of anilines is 1. The summed E-state index contributed by atoms with van der Waals surface area (Å²) in [7, 11) is 1.58. The van der Waals surface area contributed by atoms with E-state index >= 15 is 0 Å². The fourth-order valence-electron chi connectivity index (χ4n) is 3.08. The third-order valence-electron chi connectivity index (χ3n) is 4.55. The highest BCUT2D eigenvalue weighted by molar-refractivity contribution is 7.11. The van der Waals surface area contributed by atoms with Crippen molar-refractivity contribution in [2.45, 2.75) is 6.54 Å². The second kappa shape index (κ2) is 7.89. The predicted molar refractivity (Wildman–Crippen MR) is 110 cm³/mol. The Morgan fingerprint density at radius 3 is 2.34 bits per heavy atom. The number of imide groups is 1. The van der Waals surface area contributed by atoms with E-state index in [0.29, 0.717) is 21.9 Å². The molecule has 4 rings (SSSR count). The third kappa shape index (κ3) is 3.77. The number of nitrogens with zero attached hydrogens (tertiary/aromatic N) is 1. The zero-order chi connectivity index (χ0) is 20.4. The number of benzene rings is 2. The van der Waals surface area contributed by atoms with Crippen LogP contribution in [0.1, 0.15) is 10.4 Å². The number of hydrogen-bond donors (Lipinski definition) is 1. The molecule has 0 saturated carbocycles. The van der Waals surface area contributed by atoms with Gasteiger partial charge in [0, 0.05) is 10.6 Å². The molecule has 29 heavy (non-hydrogen) atoms. The van der Waals surface area contributed by atoms with Gasteiger partial charge in [-0.25, -0.2) is 4.39 Å². The van der Waals surface area contributed by atoms with Gasteiger partial charge < -0.3 is 10.1 Å². The van der Waals surface area contributed by atoms with Crippen molar-refractivity contribution in [1.82, 2.24) is 4.90 Å². The van der Waals surface area contributed by atoms with Crippen LogP contribution in [0.2, 0.25) is 0 Å². The highest BCUT2D eigenvalue weighted by Gasteiger charge is 2.39. The summed E-state index contributed by atoms with van der Waals surface area (Å²) in [5, 5.41) is 4.86. The lowest BCUT2D eigenvalue weighted by Gasteiger charge is -2.15. The Morgan fingerprint density at radius 2 is 1.72 bits per heavy atom. The highest BCUT2D eigenvalue weighted by Crippen LogP contribution is 2.33. The molecule has 0 radical (unpaired) electrons. The van der Waals surface area contributed by atoms with E-state index < -0.39 is 5.91 Å². The molecule has 0 spiro atoms. The second-order valence-electron chi connectivity index (χ2n) is 6.40. The molecule has 1 aliphatic rings. The highest BCUT2D eigenvalue weighted by atomic mass is 32.1. The molecule has 0 bridgehead atoms. The summed E-state index contributed by atoms with van der Waals surface area (Å²) >= 11 is 1.38. The summed E-state index contributed by atoms with van der Waals surface area (Å²) in [6, 6.07) is 16.5. The average Bonchev–Trinajstić information content (AvgIpc) is 3.33. The lowest BCUT2D eigenvalue weighted by molar-refractivity contribution is -0.137. The van der Waals surface area contributed by atoms with Crippen LogP contribution in [-0.4, -0.2) is 23.8 Å². The maximum Gasteiger partial charge on any atom is 0.278 e. The van der Waals surface area contributed by atoms with Crippen LogP contribution >= 0.6 is 11.3 Å². The molecular weight excluding hydrogens is 391 g/mol. The fourth-order valence-corrected chi connectivity index (χ4v) is 3.84. The van der Waals surface area contributed by atoms with Crippen LogP contribution in [0.25, 0.3) is 5.57 Å². The number of carbonyl (C=O) groups excluding carboxylic acids is 2. The van der Waals surface area contributed by atoms with Crippen molar-refractivity contribution in [3.8, 4) is 5.75 Å². The van der Waals surface area contributed by atoms with Crippen LogP contribution in [-0.2, 0) is 16.1 Å². The standard InChI is InChI=1S/C22H17FN2O3S/c1-28-17-10-4-14(5-11-17)13-25-21(26)19(18-3-2-12-29-18)20(22(25)27)24-16-8-6-15(23)7-9-16/h2-12,24H,13H2,1H3. The number of methoxy groups -OCH3 is 1. The summed E-state index contributed by atoms with van der Waals surface area (Å²) in [6.45, 7) is 0.144. The van der Waals surface area contributed by atoms with Gasteiger partial charge >= 0.3 is 0 Å². The Balaban J connectivity index is 1.66. The molecule has 1 aromatic heterocycles. The molecule has 0 unspecified atom stereocenters. The minimum Gasteiger partial charge on any atom is -0.497 e. The Labute approximate surface area is 171 Å². The molecule has 0 fully saturated rings. The van der Waals surface area contributed by atoms with Crippen molar-refractivity contribution in [3.05, 3.63) is 88.0 Å². The van der Waals surface area contributed by atoms with E-state index in [9.17, 15) is 14.0 Å². The second-order valence-corrected chi connectivity index (χ2v) is 7.35. The molecule has 0 aliphatic carbocycles. The van der Waals surface area contributed by atoms with E-state index in [0.717, 1.165) is 5.56 Å². The number of nitrogens with one attached hydrogen (secondary N) is 1. The molecule has 0 atom stereocenters. The molecule has 2 amide bonds. The van der Waals surface area contributed by atoms with Crippen molar-refractivity contribution in [2.24, 2.45) is 0 Å². The van der Waals surface area contributed by atoms with Crippen molar-refractivity contribution < 1.29 is 18.7 Å². The van der Waals surface area contributed by atoms with E-state index in [1.54, 1.807) is 25.3 Å². The largest absolute Gasteiger partial charge is 0.497 e. The summed E-state index contributed by atoms with van der Waals surface area (Å²) in [5.41, 5.74) is 1.85. The quantitative estimate of drug-likeness (QED) is 0.619. The normalized spacial score (nSPS) is 13.9. The number of rotatable bonds is 6. The summed E-state index contributed by atoms with van der Waals surface area (Å²) in [4.78, 5) is 28.1. The van der Waals surface area contributed by atoms with Crippen LogP contribution in [0, 0.1) is 5.82 Å². The van der Waals surface area contributed by atoms with Gasteiger partial charge in [-0.2, -0.15) is 0 Å². The predicted octanol–water partition coefficient (Wildman–Crippen LogP) is 4.29. The van der Waals surface area contributed by atoms with Crippen molar-refractivity contribution in [3.63, 3.8) is 0 Å². The average molecular weight is 408 g/mol. The lowest BCUT2D eigenvalue weighted by atomic mass is 10.1. The van der Waals surface area contributed by atoms with Gasteiger partial charge in [0.25, 0.3) is 11.8 Å². The molecule has 2 heterocycles. The monoisotopic (exact) mass is 408 g/mol. The van der Waals surface area contributed by atoms with Gasteiger partial charge in [0.05, 0.1) is 19.2 Å². The van der Waals surface area contributed by atoms with E-state index in [-0.39, 0.29) is 24.0 Å². The van der Waals surface area contributed by atoms with E-state index in [2.05, 4.69) is 5.32 Å². The number of ether oxygens (including phenoxy) is 1. The molecule has 5 nitrogen and oxygen atoms in total. The Bertz CT molecular complexity index is 1070. The molecule has 2 aromatic carbocycles. The molecule has 7 heteroatoms. The summed E-state index contributed by atoms with van der Waals surface area (Å²) < 4.78 is 18.4. The molecule has 146 valence electrons. The van der Waals surface area contributed by atoms with Gasteiger partial charge in [-0.1, -0.05) is 18.2 Å². The minimum absolute atomic E-state index is 0.144. The van der Waals surface area contributed by atoms with E-state index in [1.807, 2.05) is 23.6 Å². The van der Waals surface area contributed by atoms with Gasteiger partial charge in [0.15, 0.2) is 0 Å². The number of thiophene rings is 1. The van der Waals surface area contributed by atoms with Crippen molar-refractivity contribution in [2.75, 3.05) is 12.4 Å². The molecule has 0 saturated heterocycles. The van der Waals surface area contributed by atoms with E-state index in [1.165, 1.54) is 40.5 Å². The third-order valence-corrected chi connectivity index (χ3v) is 5.44. The number of carbonyl (C=O) groups is 2. The van der Waals surface area contributed by atoms with Crippen LogP contribution in [0.5, 0.6) is 5.75 Å². The summed E-state index contributed by atoms with van der Waals surface area (Å²) in [5.74, 6) is -0.460. The number of amides is 2. The van der Waals surface area contributed by atoms with Crippen LogP contribution in [0.15, 0.2) is 71.7 Å². The van der Waals surface area contributed by atoms with E-state index in [4.69, 9.17) is 4.74 Å². The topological polar surface area (TPSA) is 58.6 Å². The van der Waals surface area contributed by atoms with Crippen molar-refractivity contribution in [1.29, 1.82) is 0 Å². The zero-order valence-corrected chi connectivity index (χ0v) is 16.3. The number of halogens is 1. The minimum atomic E-state index is -0.418. The molecule has 3 aromatic rings. The van der Waals surface area contributed by atoms with Gasteiger partial charge in [-0.05, 0) is 53.4 Å². The van der Waals surface area contributed by atoms with Crippen molar-refractivity contribution >= 4 is 34.4 Å². The maximum absolute atomic E-state index is 13.2. The zero-order valence-electron chi connectivity index (χ0n) is 15.5. The smallest absolute Gasteiger partial charge is 0.278 e. The molecule has 1 N–H and O–H groups in total. The first-order valence-electron chi connectivity index (χ1n) is 8.86. The first kappa shape index (κ1) is 18.9. The Kier molecular flexibility index (Phi) is 5.14. The van der Waals surface area contributed by atoms with Gasteiger partial charge in [-0.3, -0.25) is 14.5 Å². The number of hydrogen-bond acceptors (Lipinski definition) is 5. The maximum atomic E-state index is 13.2. The first-order valence-corrected chi connectivity index (χ1v) is 9.74. The van der Waals surface area contributed by atoms with Crippen LogP contribution < -0.4 is 10.1 Å². The van der Waals surface area contributed by atoms with Crippen LogP contribution in [0.3, 0.4) is 0 Å². The van der Waals surface area contributed by atoms with Gasteiger partial charge in [0.1, 0.15) is 17.3 Å². The van der Waals surface area contributed by atoms with Gasteiger partial charge in [-0.15, -0.1) is 11.3 Å². The Hall–Kier alpha value is -3.45. The van der Waals surface area contributed by atoms with Gasteiger partial charge in [0.2, 0.25) is 0 Å². The molecular formula is C22H17FN2O3S. The summed E-state index contributed by atoms with van der Waals surface area (Å²) in [6.07, 6.45) is 0.